The first kappa shape index (κ1) is 12.4. The summed E-state index contributed by atoms with van der Waals surface area (Å²) in [6.45, 7) is 3.07. The van der Waals surface area contributed by atoms with Crippen LogP contribution in [0.3, 0.4) is 0 Å². The second-order valence-electron chi connectivity index (χ2n) is 3.38. The van der Waals surface area contributed by atoms with Crippen molar-refractivity contribution in [2.75, 3.05) is 12.4 Å². The predicted molar refractivity (Wildman–Crippen MR) is 66.3 cm³/mol. The molecule has 0 saturated heterocycles. The number of aromatic nitrogens is 5. The van der Waals surface area contributed by atoms with Gasteiger partial charge in [0.2, 0.25) is 10.1 Å². The van der Waals surface area contributed by atoms with Crippen molar-refractivity contribution in [1.82, 2.24) is 30.3 Å². The number of carbonyl (C=O) groups is 1. The minimum absolute atomic E-state index is 0.264. The third-order valence-electron chi connectivity index (χ3n) is 2.28. The number of nitrogens with one attached hydrogen (secondary N) is 2. The number of carbonyl (C=O) groups excluding carboxylic acids is 1. The quantitative estimate of drug-likeness (QED) is 0.798. The smallest absolute Gasteiger partial charge is 0.282 e. The van der Waals surface area contributed by atoms with Crippen molar-refractivity contribution in [2.24, 2.45) is 0 Å². The fraction of sp³-hybridized carbons (Fsp3) is 0.444. The molecule has 18 heavy (non-hydrogen) atoms. The summed E-state index contributed by atoms with van der Waals surface area (Å²) in [6.07, 6.45) is 1.63. The number of nitrogens with zero attached hydrogens (tertiary/aromatic N) is 5. The van der Waals surface area contributed by atoms with Crippen molar-refractivity contribution in [2.45, 2.75) is 20.0 Å². The van der Waals surface area contributed by atoms with Crippen molar-refractivity contribution in [3.63, 3.8) is 0 Å². The van der Waals surface area contributed by atoms with Crippen LogP contribution in [0.5, 0.6) is 0 Å². The van der Waals surface area contributed by atoms with Gasteiger partial charge in [0, 0.05) is 13.6 Å². The lowest BCUT2D eigenvalue weighted by Crippen LogP contribution is -2.24. The fourth-order valence-corrected chi connectivity index (χ4v) is 1.94. The average Bonchev–Trinajstić information content (AvgIpc) is 3.04. The molecular formula is C9H13N7OS. The van der Waals surface area contributed by atoms with Gasteiger partial charge in [-0.25, -0.2) is 0 Å². The lowest BCUT2D eigenvalue weighted by molar-refractivity contribution is 0.0948. The molecule has 9 heteroatoms. The summed E-state index contributed by atoms with van der Waals surface area (Å²) < 4.78 is 1.86. The zero-order chi connectivity index (χ0) is 13.0. The van der Waals surface area contributed by atoms with Crippen molar-refractivity contribution in [1.29, 1.82) is 0 Å². The van der Waals surface area contributed by atoms with Gasteiger partial charge in [-0.3, -0.25) is 4.79 Å². The summed E-state index contributed by atoms with van der Waals surface area (Å²) in [5.74, 6) is 0.448. The Morgan fingerprint density at radius 1 is 1.44 bits per heavy atom. The number of aryl methyl sites for hydroxylation is 1. The lowest BCUT2D eigenvalue weighted by Gasteiger charge is -2.03. The maximum Gasteiger partial charge on any atom is 0.282 e. The molecule has 96 valence electrons. The molecule has 2 aromatic rings. The summed E-state index contributed by atoms with van der Waals surface area (Å²) in [7, 11) is 1.73. The molecule has 0 radical (unpaired) electrons. The minimum atomic E-state index is -0.264. The third kappa shape index (κ3) is 2.62. The third-order valence-corrected chi connectivity index (χ3v) is 3.22. The molecule has 0 saturated carbocycles. The van der Waals surface area contributed by atoms with Crippen LogP contribution in [-0.2, 0) is 13.1 Å². The maximum atomic E-state index is 11.8. The van der Waals surface area contributed by atoms with Gasteiger partial charge in [0.15, 0.2) is 5.82 Å². The second-order valence-corrected chi connectivity index (χ2v) is 4.36. The van der Waals surface area contributed by atoms with Crippen LogP contribution in [0.25, 0.3) is 0 Å². The number of rotatable bonds is 5. The van der Waals surface area contributed by atoms with E-state index in [-0.39, 0.29) is 5.91 Å². The van der Waals surface area contributed by atoms with Crippen molar-refractivity contribution >= 4 is 22.4 Å². The molecule has 0 bridgehead atoms. The highest BCUT2D eigenvalue weighted by Gasteiger charge is 2.13. The Morgan fingerprint density at radius 2 is 2.28 bits per heavy atom. The van der Waals surface area contributed by atoms with Crippen LogP contribution in [0.15, 0.2) is 6.33 Å². The Morgan fingerprint density at radius 3 is 2.94 bits per heavy atom. The first-order chi connectivity index (χ1) is 8.74. The summed E-state index contributed by atoms with van der Waals surface area (Å²) in [5, 5.41) is 21.8. The average molecular weight is 267 g/mol. The van der Waals surface area contributed by atoms with Crippen molar-refractivity contribution in [3.8, 4) is 0 Å². The van der Waals surface area contributed by atoms with Gasteiger partial charge in [-0.2, -0.15) is 0 Å². The summed E-state index contributed by atoms with van der Waals surface area (Å²) in [4.78, 5) is 11.8. The van der Waals surface area contributed by atoms with E-state index >= 15 is 0 Å². The Bertz CT molecular complexity index is 535. The standard InChI is InChI=1S/C9H13N7OS/c1-3-16-5-12-13-6(16)4-11-7(17)8-14-15-9(10-2)18-8/h5H,3-4H2,1-2H3,(H,10,15)(H,11,17). The van der Waals surface area contributed by atoms with Gasteiger partial charge < -0.3 is 15.2 Å². The second kappa shape index (κ2) is 5.54. The molecule has 0 spiro atoms. The Hall–Kier alpha value is -2.03. The monoisotopic (exact) mass is 267 g/mol. The van der Waals surface area contributed by atoms with Crippen LogP contribution in [0.4, 0.5) is 5.13 Å². The first-order valence-electron chi connectivity index (χ1n) is 5.40. The molecule has 0 unspecified atom stereocenters. The molecule has 0 aromatic carbocycles. The van der Waals surface area contributed by atoms with Gasteiger partial charge in [-0.15, -0.1) is 20.4 Å². The molecule has 0 aliphatic carbocycles. The number of anilines is 1. The van der Waals surface area contributed by atoms with Gasteiger partial charge in [-0.1, -0.05) is 11.3 Å². The molecule has 0 aliphatic rings. The summed E-state index contributed by atoms with van der Waals surface area (Å²) in [6, 6.07) is 0. The van der Waals surface area contributed by atoms with Crippen LogP contribution >= 0.6 is 11.3 Å². The molecular weight excluding hydrogens is 254 g/mol. The fourth-order valence-electron chi connectivity index (χ4n) is 1.33. The molecule has 2 rings (SSSR count). The molecule has 0 aliphatic heterocycles. The van der Waals surface area contributed by atoms with Crippen LogP contribution in [0.2, 0.25) is 0 Å². The molecule has 8 nitrogen and oxygen atoms in total. The molecule has 2 heterocycles. The molecule has 0 atom stereocenters. The highest BCUT2D eigenvalue weighted by molar-refractivity contribution is 7.17. The van der Waals surface area contributed by atoms with Gasteiger partial charge in [0.1, 0.15) is 6.33 Å². The van der Waals surface area contributed by atoms with E-state index in [1.165, 1.54) is 11.3 Å². The van der Waals surface area contributed by atoms with Crippen LogP contribution in [0.1, 0.15) is 22.6 Å². The normalized spacial score (nSPS) is 10.3. The maximum absolute atomic E-state index is 11.8. The molecule has 1 amide bonds. The molecule has 2 aromatic heterocycles. The van der Waals surface area contributed by atoms with E-state index in [9.17, 15) is 4.79 Å². The number of hydrogen-bond acceptors (Lipinski definition) is 7. The van der Waals surface area contributed by atoms with Crippen molar-refractivity contribution < 1.29 is 4.79 Å². The minimum Gasteiger partial charge on any atom is -0.363 e. The topological polar surface area (TPSA) is 97.6 Å². The largest absolute Gasteiger partial charge is 0.363 e. The molecule has 0 fully saturated rings. The highest BCUT2D eigenvalue weighted by atomic mass is 32.1. The Labute approximate surface area is 107 Å². The van der Waals surface area contributed by atoms with Crippen LogP contribution in [0, 0.1) is 0 Å². The Kier molecular flexibility index (Phi) is 3.82. The van der Waals surface area contributed by atoms with E-state index in [4.69, 9.17) is 0 Å². The van der Waals surface area contributed by atoms with E-state index in [0.717, 1.165) is 6.54 Å². The summed E-state index contributed by atoms with van der Waals surface area (Å²) >= 11 is 1.20. The van der Waals surface area contributed by atoms with Crippen LogP contribution < -0.4 is 10.6 Å². The summed E-state index contributed by atoms with van der Waals surface area (Å²) in [5.41, 5.74) is 0. The van der Waals surface area contributed by atoms with E-state index in [1.807, 2.05) is 11.5 Å². The number of amides is 1. The number of hydrogen-bond donors (Lipinski definition) is 2. The zero-order valence-corrected chi connectivity index (χ0v) is 10.9. The predicted octanol–water partition coefficient (Wildman–Crippen LogP) is 0.121. The van der Waals surface area contributed by atoms with Crippen LogP contribution in [-0.4, -0.2) is 37.9 Å². The SMILES string of the molecule is CCn1cnnc1CNC(=O)c1nnc(NC)s1. The van der Waals surface area contributed by atoms with Crippen molar-refractivity contribution in [3.05, 3.63) is 17.2 Å². The molecule has 2 N–H and O–H groups in total. The van der Waals surface area contributed by atoms with Gasteiger partial charge in [0.25, 0.3) is 5.91 Å². The van der Waals surface area contributed by atoms with Gasteiger partial charge >= 0.3 is 0 Å². The van der Waals surface area contributed by atoms with E-state index < -0.39 is 0 Å². The highest BCUT2D eigenvalue weighted by Crippen LogP contribution is 2.13. The van der Waals surface area contributed by atoms with Gasteiger partial charge in [0.05, 0.1) is 6.54 Å². The van der Waals surface area contributed by atoms with E-state index in [0.29, 0.717) is 22.5 Å². The zero-order valence-electron chi connectivity index (χ0n) is 10.0. The van der Waals surface area contributed by atoms with E-state index in [2.05, 4.69) is 31.0 Å². The van der Waals surface area contributed by atoms with Gasteiger partial charge in [-0.05, 0) is 6.92 Å². The lowest BCUT2D eigenvalue weighted by atomic mass is 10.5. The Balaban J connectivity index is 1.96. The first-order valence-corrected chi connectivity index (χ1v) is 6.22. The van der Waals surface area contributed by atoms with E-state index in [1.54, 1.807) is 13.4 Å².